The number of amides is 1. The Morgan fingerprint density at radius 3 is 3.00 bits per heavy atom. The number of carbonyl (C=O) groups excluding carboxylic acids is 1. The molecule has 0 bridgehead atoms. The predicted molar refractivity (Wildman–Crippen MR) is 40.5 cm³/mol. The summed E-state index contributed by atoms with van der Waals surface area (Å²) in [6.45, 7) is 2.76. The summed E-state index contributed by atoms with van der Waals surface area (Å²) < 4.78 is 0. The summed E-state index contributed by atoms with van der Waals surface area (Å²) in [5.41, 5.74) is 0. The van der Waals surface area contributed by atoms with Crippen LogP contribution in [0.2, 0.25) is 0 Å². The summed E-state index contributed by atoms with van der Waals surface area (Å²) in [7, 11) is 5.43. The van der Waals surface area contributed by atoms with Crippen LogP contribution in [0, 0.1) is 5.92 Å². The molecule has 2 nitrogen and oxygen atoms in total. The molecule has 0 aromatic carbocycles. The van der Waals surface area contributed by atoms with E-state index in [0.717, 1.165) is 25.8 Å². The van der Waals surface area contributed by atoms with Gasteiger partial charge in [0.15, 0.2) is 0 Å². The minimum Gasteiger partial charge on any atom is -0.396 e. The number of carbonyl (C=O) groups is 1. The van der Waals surface area contributed by atoms with Gasteiger partial charge in [0.2, 0.25) is 13.9 Å². The van der Waals surface area contributed by atoms with Crippen LogP contribution in [0.15, 0.2) is 0 Å². The van der Waals surface area contributed by atoms with Crippen LogP contribution in [-0.4, -0.2) is 25.2 Å². The summed E-state index contributed by atoms with van der Waals surface area (Å²) in [5, 5.41) is 0. The van der Waals surface area contributed by atoms with Crippen molar-refractivity contribution in [3.8, 4) is 0 Å². The largest absolute Gasteiger partial charge is 0.396 e. The molecule has 2 radical (unpaired) electrons. The SMILES string of the molecule is [B]N1CCCC(CC)C1=O. The molecule has 0 spiro atoms. The molecule has 3 heteroatoms. The summed E-state index contributed by atoms with van der Waals surface area (Å²) in [6.07, 6.45) is 3.00. The van der Waals surface area contributed by atoms with E-state index in [0.29, 0.717) is 0 Å². The van der Waals surface area contributed by atoms with Gasteiger partial charge in [-0.2, -0.15) is 0 Å². The second-order valence-electron chi connectivity index (χ2n) is 2.78. The van der Waals surface area contributed by atoms with E-state index >= 15 is 0 Å². The molecule has 10 heavy (non-hydrogen) atoms. The van der Waals surface area contributed by atoms with Crippen molar-refractivity contribution in [2.45, 2.75) is 26.2 Å². The lowest BCUT2D eigenvalue weighted by atomic mass is 9.93. The zero-order valence-corrected chi connectivity index (χ0v) is 6.34. The average Bonchev–Trinajstić information content (AvgIpc) is 1.95. The molecule has 1 unspecified atom stereocenters. The Hall–Kier alpha value is -0.465. The highest BCUT2D eigenvalue weighted by atomic mass is 16.2. The van der Waals surface area contributed by atoms with Crippen LogP contribution >= 0.6 is 0 Å². The lowest BCUT2D eigenvalue weighted by Crippen LogP contribution is -2.38. The van der Waals surface area contributed by atoms with Gasteiger partial charge in [-0.1, -0.05) is 6.92 Å². The fourth-order valence-corrected chi connectivity index (χ4v) is 1.35. The smallest absolute Gasteiger partial charge is 0.230 e. The van der Waals surface area contributed by atoms with Gasteiger partial charge in [0, 0.05) is 12.5 Å². The lowest BCUT2D eigenvalue weighted by molar-refractivity contribution is -0.133. The molecule has 1 aliphatic heterocycles. The van der Waals surface area contributed by atoms with Crippen molar-refractivity contribution < 1.29 is 4.79 Å². The second kappa shape index (κ2) is 3.08. The first-order valence-corrected chi connectivity index (χ1v) is 3.81. The molecule has 1 atom stereocenters. The fraction of sp³-hybridized carbons (Fsp3) is 0.857. The normalized spacial score (nSPS) is 27.1. The second-order valence-corrected chi connectivity index (χ2v) is 2.78. The van der Waals surface area contributed by atoms with Crippen molar-refractivity contribution in [2.75, 3.05) is 6.54 Å². The minimum absolute atomic E-state index is 0.119. The van der Waals surface area contributed by atoms with E-state index in [1.807, 2.05) is 6.92 Å². The van der Waals surface area contributed by atoms with Gasteiger partial charge in [0.05, 0.1) is 0 Å². The zero-order valence-electron chi connectivity index (χ0n) is 6.34. The number of piperidine rings is 1. The van der Waals surface area contributed by atoms with Crippen LogP contribution in [0.3, 0.4) is 0 Å². The van der Waals surface area contributed by atoms with E-state index < -0.39 is 0 Å². The molecule has 1 fully saturated rings. The zero-order chi connectivity index (χ0) is 7.56. The highest BCUT2D eigenvalue weighted by Crippen LogP contribution is 2.18. The number of rotatable bonds is 1. The molecule has 1 heterocycles. The van der Waals surface area contributed by atoms with Crippen molar-refractivity contribution in [3.63, 3.8) is 0 Å². The Morgan fingerprint density at radius 2 is 2.50 bits per heavy atom. The molecule has 1 aliphatic rings. The monoisotopic (exact) mass is 137 g/mol. The van der Waals surface area contributed by atoms with Gasteiger partial charge in [0.25, 0.3) is 0 Å². The van der Waals surface area contributed by atoms with Gasteiger partial charge in [-0.3, -0.25) is 4.79 Å². The van der Waals surface area contributed by atoms with Gasteiger partial charge in [-0.05, 0) is 19.3 Å². The lowest BCUT2D eigenvalue weighted by Gasteiger charge is -2.28. The van der Waals surface area contributed by atoms with E-state index in [-0.39, 0.29) is 11.8 Å². The van der Waals surface area contributed by atoms with E-state index in [1.54, 1.807) is 0 Å². The molecular formula is C7H12BNO. The Balaban J connectivity index is 2.51. The van der Waals surface area contributed by atoms with Gasteiger partial charge >= 0.3 is 0 Å². The van der Waals surface area contributed by atoms with E-state index in [2.05, 4.69) is 0 Å². The summed E-state index contributed by atoms with van der Waals surface area (Å²) in [6, 6.07) is 0. The molecule has 0 aromatic heterocycles. The fourth-order valence-electron chi connectivity index (χ4n) is 1.35. The van der Waals surface area contributed by atoms with Gasteiger partial charge < -0.3 is 4.81 Å². The molecule has 0 N–H and O–H groups in total. The topological polar surface area (TPSA) is 20.3 Å². The van der Waals surface area contributed by atoms with Gasteiger partial charge in [-0.15, -0.1) is 0 Å². The minimum atomic E-state index is 0.119. The van der Waals surface area contributed by atoms with Crippen molar-refractivity contribution in [3.05, 3.63) is 0 Å². The maximum absolute atomic E-state index is 11.2. The van der Waals surface area contributed by atoms with Crippen molar-refractivity contribution in [1.29, 1.82) is 0 Å². The molecule has 1 saturated heterocycles. The standard InChI is InChI=1S/C7H12BNO/c1-2-6-4-3-5-9(8)7(6)10/h6H,2-5H2,1H3. The van der Waals surface area contributed by atoms with Crippen LogP contribution in [0.1, 0.15) is 26.2 Å². The van der Waals surface area contributed by atoms with Crippen LogP contribution in [0.25, 0.3) is 0 Å². The third kappa shape index (κ3) is 1.33. The predicted octanol–water partition coefficient (Wildman–Crippen LogP) is 0.718. The number of hydrogen-bond donors (Lipinski definition) is 0. The summed E-state index contributed by atoms with van der Waals surface area (Å²) >= 11 is 0. The number of nitrogens with zero attached hydrogens (tertiary/aromatic N) is 1. The van der Waals surface area contributed by atoms with Crippen molar-refractivity contribution in [1.82, 2.24) is 4.81 Å². The maximum Gasteiger partial charge on any atom is 0.230 e. The molecule has 1 amide bonds. The average molecular weight is 137 g/mol. The Bertz CT molecular complexity index is 138. The Morgan fingerprint density at radius 1 is 1.80 bits per heavy atom. The highest BCUT2D eigenvalue weighted by molar-refractivity contribution is 6.14. The van der Waals surface area contributed by atoms with Crippen LogP contribution in [-0.2, 0) is 4.79 Å². The summed E-state index contributed by atoms with van der Waals surface area (Å²) in [4.78, 5) is 12.5. The van der Waals surface area contributed by atoms with Crippen molar-refractivity contribution >= 4 is 13.9 Å². The third-order valence-electron chi connectivity index (χ3n) is 2.08. The first-order chi connectivity index (χ1) is 4.75. The first kappa shape index (κ1) is 7.64. The van der Waals surface area contributed by atoms with Crippen LogP contribution in [0.5, 0.6) is 0 Å². The molecule has 0 aliphatic carbocycles. The van der Waals surface area contributed by atoms with Crippen LogP contribution in [0.4, 0.5) is 0 Å². The first-order valence-electron chi connectivity index (χ1n) is 3.81. The van der Waals surface area contributed by atoms with E-state index in [4.69, 9.17) is 7.98 Å². The molecular weight excluding hydrogens is 125 g/mol. The quantitative estimate of drug-likeness (QED) is 0.487. The van der Waals surface area contributed by atoms with Gasteiger partial charge in [-0.25, -0.2) is 0 Å². The molecule has 0 aromatic rings. The third-order valence-corrected chi connectivity index (χ3v) is 2.08. The maximum atomic E-state index is 11.2. The Labute approximate surface area is 63.0 Å². The van der Waals surface area contributed by atoms with Crippen molar-refractivity contribution in [2.24, 2.45) is 5.92 Å². The van der Waals surface area contributed by atoms with E-state index in [1.165, 1.54) is 4.81 Å². The molecule has 54 valence electrons. The van der Waals surface area contributed by atoms with E-state index in [9.17, 15) is 4.79 Å². The highest BCUT2D eigenvalue weighted by Gasteiger charge is 2.23. The summed E-state index contributed by atoms with van der Waals surface area (Å²) in [5.74, 6) is 0.313. The molecule has 0 saturated carbocycles. The Kier molecular flexibility index (Phi) is 2.36. The van der Waals surface area contributed by atoms with Crippen LogP contribution < -0.4 is 0 Å². The molecule has 1 rings (SSSR count). The van der Waals surface area contributed by atoms with Gasteiger partial charge in [0.1, 0.15) is 0 Å². The number of hydrogen-bond acceptors (Lipinski definition) is 1.